The molecule has 0 aromatic carbocycles. The van der Waals surface area contributed by atoms with Gasteiger partial charge in [0.15, 0.2) is 0 Å². The Bertz CT molecular complexity index is 435. The standard InChI is InChI=1S/C21H39NO/c1-10-17(13(2)3)16(8)21(9)11-18(14(4)5)20(15(6)7)22-19(23)12-21/h13-18H,10-12H2,1-9H3. The zero-order valence-electron chi connectivity index (χ0n) is 16.9. The van der Waals surface area contributed by atoms with Crippen LogP contribution in [-0.2, 0) is 4.79 Å². The van der Waals surface area contributed by atoms with Crippen LogP contribution in [0.2, 0.25) is 0 Å². The Balaban J connectivity index is 3.21. The highest BCUT2D eigenvalue weighted by atomic mass is 16.1. The van der Waals surface area contributed by atoms with Crippen molar-refractivity contribution in [2.24, 2.45) is 45.9 Å². The number of hydrogen-bond acceptors (Lipinski definition) is 1. The molecule has 4 unspecified atom stereocenters. The molecule has 0 aromatic heterocycles. The molecule has 1 aliphatic rings. The topological polar surface area (TPSA) is 29.4 Å². The van der Waals surface area contributed by atoms with Crippen LogP contribution < -0.4 is 0 Å². The maximum atomic E-state index is 12.6. The zero-order chi connectivity index (χ0) is 17.9. The molecule has 0 aliphatic carbocycles. The first-order valence-electron chi connectivity index (χ1n) is 9.64. The lowest BCUT2D eigenvalue weighted by Crippen LogP contribution is -2.37. The second kappa shape index (κ2) is 7.94. The van der Waals surface area contributed by atoms with Gasteiger partial charge in [-0.25, -0.2) is 4.99 Å². The number of nitrogens with zero attached hydrogens (tertiary/aromatic N) is 1. The van der Waals surface area contributed by atoms with E-state index in [-0.39, 0.29) is 11.3 Å². The summed E-state index contributed by atoms with van der Waals surface area (Å²) >= 11 is 0. The van der Waals surface area contributed by atoms with Crippen LogP contribution >= 0.6 is 0 Å². The molecule has 2 nitrogen and oxygen atoms in total. The van der Waals surface area contributed by atoms with Crippen molar-refractivity contribution in [3.05, 3.63) is 0 Å². The monoisotopic (exact) mass is 321 g/mol. The second-order valence-electron chi connectivity index (χ2n) is 9.08. The number of carbonyl (C=O) groups is 1. The first-order valence-corrected chi connectivity index (χ1v) is 9.64. The van der Waals surface area contributed by atoms with Gasteiger partial charge in [-0.05, 0) is 41.4 Å². The van der Waals surface area contributed by atoms with Gasteiger partial charge in [0.1, 0.15) is 0 Å². The van der Waals surface area contributed by atoms with Gasteiger partial charge in [0.25, 0.3) is 0 Å². The molecule has 1 aliphatic heterocycles. The van der Waals surface area contributed by atoms with Crippen LogP contribution in [0, 0.1) is 40.9 Å². The van der Waals surface area contributed by atoms with E-state index in [1.54, 1.807) is 0 Å². The van der Waals surface area contributed by atoms with Crippen molar-refractivity contribution in [2.75, 3.05) is 0 Å². The first kappa shape index (κ1) is 20.4. The third kappa shape index (κ3) is 4.67. The van der Waals surface area contributed by atoms with Crippen molar-refractivity contribution in [2.45, 2.75) is 81.6 Å². The van der Waals surface area contributed by atoms with E-state index in [2.05, 4.69) is 67.3 Å². The van der Waals surface area contributed by atoms with Crippen molar-refractivity contribution < 1.29 is 4.79 Å². The largest absolute Gasteiger partial charge is 0.273 e. The fourth-order valence-electron chi connectivity index (χ4n) is 4.69. The smallest absolute Gasteiger partial charge is 0.246 e. The van der Waals surface area contributed by atoms with Crippen molar-refractivity contribution in [3.8, 4) is 0 Å². The minimum Gasteiger partial charge on any atom is -0.273 e. The quantitative estimate of drug-likeness (QED) is 0.590. The van der Waals surface area contributed by atoms with E-state index in [0.717, 1.165) is 12.1 Å². The zero-order valence-corrected chi connectivity index (χ0v) is 16.9. The number of carbonyl (C=O) groups excluding carboxylic acids is 1. The Morgan fingerprint density at radius 3 is 2.09 bits per heavy atom. The second-order valence-corrected chi connectivity index (χ2v) is 9.08. The van der Waals surface area contributed by atoms with Crippen LogP contribution in [0.15, 0.2) is 4.99 Å². The van der Waals surface area contributed by atoms with Crippen LogP contribution in [0.4, 0.5) is 0 Å². The Hall–Kier alpha value is -0.660. The summed E-state index contributed by atoms with van der Waals surface area (Å²) in [5, 5.41) is 0. The van der Waals surface area contributed by atoms with E-state index < -0.39 is 0 Å². The number of amides is 1. The summed E-state index contributed by atoms with van der Waals surface area (Å²) in [6, 6.07) is 0. The highest BCUT2D eigenvalue weighted by Crippen LogP contribution is 2.47. The number of rotatable bonds is 6. The number of aliphatic imine (C=N–C) groups is 1. The van der Waals surface area contributed by atoms with Crippen LogP contribution in [0.3, 0.4) is 0 Å². The summed E-state index contributed by atoms with van der Waals surface area (Å²) in [5.74, 6) is 3.29. The molecule has 0 aromatic rings. The molecule has 2 heteroatoms. The third-order valence-corrected chi connectivity index (χ3v) is 6.34. The Labute approximate surface area is 144 Å². The molecule has 0 bridgehead atoms. The van der Waals surface area contributed by atoms with Gasteiger partial charge in [0, 0.05) is 18.1 Å². The van der Waals surface area contributed by atoms with Gasteiger partial charge in [-0.3, -0.25) is 4.79 Å². The highest BCUT2D eigenvalue weighted by Gasteiger charge is 2.43. The Kier molecular flexibility index (Phi) is 7.04. The van der Waals surface area contributed by atoms with Gasteiger partial charge in [0.05, 0.1) is 0 Å². The van der Waals surface area contributed by atoms with Crippen LogP contribution in [0.1, 0.15) is 81.6 Å². The van der Waals surface area contributed by atoms with Gasteiger partial charge in [-0.15, -0.1) is 0 Å². The Morgan fingerprint density at radius 2 is 1.70 bits per heavy atom. The predicted octanol–water partition coefficient (Wildman–Crippen LogP) is 6.00. The van der Waals surface area contributed by atoms with Crippen molar-refractivity contribution in [1.29, 1.82) is 0 Å². The molecule has 0 spiro atoms. The minimum absolute atomic E-state index is 0.0527. The fraction of sp³-hybridized carbons (Fsp3) is 0.905. The van der Waals surface area contributed by atoms with Crippen LogP contribution in [-0.4, -0.2) is 11.6 Å². The molecule has 1 amide bonds. The van der Waals surface area contributed by atoms with Gasteiger partial charge < -0.3 is 0 Å². The molecule has 4 atom stereocenters. The van der Waals surface area contributed by atoms with E-state index in [4.69, 9.17) is 0 Å². The predicted molar refractivity (Wildman–Crippen MR) is 101 cm³/mol. The summed E-state index contributed by atoms with van der Waals surface area (Å²) in [7, 11) is 0. The molecule has 0 fully saturated rings. The van der Waals surface area contributed by atoms with Gasteiger partial charge in [-0.1, -0.05) is 68.7 Å². The van der Waals surface area contributed by atoms with Crippen molar-refractivity contribution in [1.82, 2.24) is 0 Å². The Morgan fingerprint density at radius 1 is 1.13 bits per heavy atom. The average molecular weight is 322 g/mol. The summed E-state index contributed by atoms with van der Waals surface area (Å²) in [6.45, 7) is 20.6. The fourth-order valence-corrected chi connectivity index (χ4v) is 4.69. The molecule has 0 saturated carbocycles. The molecular formula is C21H39NO. The summed E-state index contributed by atoms with van der Waals surface area (Å²) in [5.41, 5.74) is 1.19. The maximum Gasteiger partial charge on any atom is 0.246 e. The SMILES string of the molecule is CCC(C(C)C)C(C)C1(C)CC(=O)N=C(C(C)C)C(C(C)C)C1. The first-order chi connectivity index (χ1) is 10.5. The molecule has 23 heavy (non-hydrogen) atoms. The average Bonchev–Trinajstić information content (AvgIpc) is 2.56. The lowest BCUT2D eigenvalue weighted by Gasteiger charge is -2.43. The lowest BCUT2D eigenvalue weighted by molar-refractivity contribution is -0.121. The molecule has 0 N–H and O–H groups in total. The van der Waals surface area contributed by atoms with Crippen molar-refractivity contribution in [3.63, 3.8) is 0 Å². The number of hydrogen-bond donors (Lipinski definition) is 0. The van der Waals surface area contributed by atoms with E-state index in [0.29, 0.717) is 41.9 Å². The van der Waals surface area contributed by atoms with Crippen LogP contribution in [0.5, 0.6) is 0 Å². The minimum atomic E-state index is 0.0527. The molecular weight excluding hydrogens is 282 g/mol. The third-order valence-electron chi connectivity index (χ3n) is 6.34. The van der Waals surface area contributed by atoms with Gasteiger partial charge >= 0.3 is 0 Å². The summed E-state index contributed by atoms with van der Waals surface area (Å²) in [6.07, 6.45) is 2.89. The van der Waals surface area contributed by atoms with Gasteiger partial charge in [0.2, 0.25) is 5.91 Å². The van der Waals surface area contributed by atoms with E-state index in [9.17, 15) is 4.79 Å². The highest BCUT2D eigenvalue weighted by molar-refractivity contribution is 5.99. The molecule has 0 radical (unpaired) electrons. The molecule has 134 valence electrons. The van der Waals surface area contributed by atoms with Crippen molar-refractivity contribution >= 4 is 11.6 Å². The molecule has 1 heterocycles. The van der Waals surface area contributed by atoms with E-state index in [1.165, 1.54) is 6.42 Å². The van der Waals surface area contributed by atoms with E-state index >= 15 is 0 Å². The normalized spacial score (nSPS) is 29.0. The summed E-state index contributed by atoms with van der Waals surface area (Å²) < 4.78 is 0. The van der Waals surface area contributed by atoms with Crippen LogP contribution in [0.25, 0.3) is 0 Å². The molecule has 0 saturated heterocycles. The summed E-state index contributed by atoms with van der Waals surface area (Å²) in [4.78, 5) is 17.1. The maximum absolute atomic E-state index is 12.6. The lowest BCUT2D eigenvalue weighted by atomic mass is 9.61. The molecule has 1 rings (SSSR count). The van der Waals surface area contributed by atoms with Gasteiger partial charge in [-0.2, -0.15) is 0 Å². The van der Waals surface area contributed by atoms with E-state index in [1.807, 2.05) is 0 Å².